The zero-order chi connectivity index (χ0) is 31.0. The van der Waals surface area contributed by atoms with Crippen LogP contribution in [0.5, 0.6) is 0 Å². The first-order chi connectivity index (χ1) is 20.5. The van der Waals surface area contributed by atoms with E-state index in [-0.39, 0.29) is 18.3 Å². The van der Waals surface area contributed by atoms with Crippen LogP contribution in [-0.2, 0) is 38.3 Å². The summed E-state index contributed by atoms with van der Waals surface area (Å²) in [7, 11) is 1.35. The molecule has 0 spiro atoms. The summed E-state index contributed by atoms with van der Waals surface area (Å²) in [6.45, 7) is 5.33. The molecule has 0 radical (unpaired) electrons. The van der Waals surface area contributed by atoms with E-state index in [1.165, 1.54) is 7.11 Å². The van der Waals surface area contributed by atoms with Crippen LogP contribution in [0.15, 0.2) is 84.9 Å². The van der Waals surface area contributed by atoms with Crippen LogP contribution in [0, 0.1) is 11.8 Å². The molecule has 1 aliphatic rings. The smallest absolute Gasteiger partial charge is 0.407 e. The first-order valence-corrected chi connectivity index (χ1v) is 14.8. The molecule has 0 fully saturated rings. The van der Waals surface area contributed by atoms with Crippen molar-refractivity contribution in [3.63, 3.8) is 0 Å². The molecular formula is C35H42N2O6. The van der Waals surface area contributed by atoms with E-state index >= 15 is 0 Å². The van der Waals surface area contributed by atoms with Gasteiger partial charge in [-0.3, -0.25) is 9.59 Å². The second-order valence-corrected chi connectivity index (χ2v) is 12.2. The van der Waals surface area contributed by atoms with Crippen molar-refractivity contribution in [3.8, 4) is 0 Å². The molecule has 2 amide bonds. The van der Waals surface area contributed by atoms with Gasteiger partial charge in [0, 0.05) is 5.92 Å². The van der Waals surface area contributed by atoms with Gasteiger partial charge < -0.3 is 25.2 Å². The highest BCUT2D eigenvalue weighted by Crippen LogP contribution is 2.37. The van der Waals surface area contributed by atoms with Crippen molar-refractivity contribution >= 4 is 18.0 Å². The van der Waals surface area contributed by atoms with Crippen LogP contribution in [0.25, 0.3) is 0 Å². The van der Waals surface area contributed by atoms with Crippen molar-refractivity contribution in [3.05, 3.63) is 107 Å². The van der Waals surface area contributed by atoms with Gasteiger partial charge in [0.2, 0.25) is 5.91 Å². The zero-order valence-corrected chi connectivity index (χ0v) is 25.3. The number of carbonyl (C=O) groups is 3. The minimum atomic E-state index is -1.07. The SMILES string of the molecule is COC(=O)[C@@H]1Cc2ccccc2[C@@H]1NC(=O)[C@H](Cc1ccccc1)C[C@H](O)[C@H](Cc1ccccc1)NC(=O)OC(C)(C)C. The van der Waals surface area contributed by atoms with E-state index in [9.17, 15) is 19.5 Å². The number of hydrogen-bond acceptors (Lipinski definition) is 6. The maximum atomic E-state index is 14.0. The van der Waals surface area contributed by atoms with E-state index in [0.29, 0.717) is 19.3 Å². The summed E-state index contributed by atoms with van der Waals surface area (Å²) >= 11 is 0. The van der Waals surface area contributed by atoms with Gasteiger partial charge in [-0.25, -0.2) is 4.79 Å². The lowest BCUT2D eigenvalue weighted by Gasteiger charge is -2.30. The van der Waals surface area contributed by atoms with Crippen molar-refractivity contribution in [1.29, 1.82) is 0 Å². The fraction of sp³-hybridized carbons (Fsp3) is 0.400. The molecule has 1 aliphatic carbocycles. The molecule has 3 aromatic rings. The number of methoxy groups -OCH3 is 1. The Bertz CT molecular complexity index is 1370. The number of esters is 1. The molecule has 0 saturated heterocycles. The molecule has 3 aromatic carbocycles. The van der Waals surface area contributed by atoms with Crippen LogP contribution in [0.4, 0.5) is 4.79 Å². The van der Waals surface area contributed by atoms with Gasteiger partial charge in [-0.2, -0.15) is 0 Å². The topological polar surface area (TPSA) is 114 Å². The quantitative estimate of drug-likeness (QED) is 0.275. The maximum Gasteiger partial charge on any atom is 0.407 e. The second kappa shape index (κ2) is 14.3. The van der Waals surface area contributed by atoms with Gasteiger partial charge in [-0.05, 0) is 68.7 Å². The molecule has 228 valence electrons. The predicted molar refractivity (Wildman–Crippen MR) is 164 cm³/mol. The standard InChI is InChI=1S/C35H42N2O6/c1-35(2,3)43-34(41)36-29(20-24-15-9-6-10-16-24)30(38)22-26(19-23-13-7-5-8-14-23)32(39)37-31-27-18-12-11-17-25(27)21-28(31)33(40)42-4/h5-18,26,28-31,38H,19-22H2,1-4H3,(H,36,41)(H,37,39)/t26-,28-,29+,30+,31+/m1/s1. The summed E-state index contributed by atoms with van der Waals surface area (Å²) in [4.78, 5) is 39.5. The predicted octanol–water partition coefficient (Wildman–Crippen LogP) is 4.94. The van der Waals surface area contributed by atoms with Crippen molar-refractivity contribution in [2.45, 2.75) is 70.2 Å². The third-order valence-electron chi connectivity index (χ3n) is 7.72. The lowest BCUT2D eigenvalue weighted by Crippen LogP contribution is -2.48. The highest BCUT2D eigenvalue weighted by Gasteiger charge is 2.40. The van der Waals surface area contributed by atoms with Gasteiger partial charge in [-0.1, -0.05) is 84.9 Å². The summed E-state index contributed by atoms with van der Waals surface area (Å²) in [6, 6.07) is 25.6. The van der Waals surface area contributed by atoms with E-state index in [4.69, 9.17) is 9.47 Å². The van der Waals surface area contributed by atoms with E-state index < -0.39 is 41.7 Å². The highest BCUT2D eigenvalue weighted by atomic mass is 16.6. The van der Waals surface area contributed by atoms with E-state index in [1.54, 1.807) is 20.8 Å². The van der Waals surface area contributed by atoms with E-state index in [2.05, 4.69) is 10.6 Å². The first-order valence-electron chi connectivity index (χ1n) is 14.8. The summed E-state index contributed by atoms with van der Waals surface area (Å²) < 4.78 is 10.6. The average Bonchev–Trinajstić information content (AvgIpc) is 3.34. The highest BCUT2D eigenvalue weighted by molar-refractivity contribution is 5.82. The van der Waals surface area contributed by atoms with Crippen LogP contribution in [0.2, 0.25) is 0 Å². The van der Waals surface area contributed by atoms with Crippen molar-refractivity contribution in [2.75, 3.05) is 7.11 Å². The van der Waals surface area contributed by atoms with Crippen LogP contribution in [0.1, 0.15) is 55.5 Å². The molecular weight excluding hydrogens is 544 g/mol. The molecule has 0 aliphatic heterocycles. The van der Waals surface area contributed by atoms with Gasteiger partial charge in [0.05, 0.1) is 31.2 Å². The molecule has 0 bridgehead atoms. The lowest BCUT2D eigenvalue weighted by atomic mass is 9.88. The van der Waals surface area contributed by atoms with Gasteiger partial charge in [0.25, 0.3) is 0 Å². The van der Waals surface area contributed by atoms with Gasteiger partial charge in [0.15, 0.2) is 0 Å². The number of hydrogen-bond donors (Lipinski definition) is 3. The fourth-order valence-corrected chi connectivity index (χ4v) is 5.66. The Balaban J connectivity index is 1.58. The molecule has 4 rings (SSSR count). The number of aliphatic hydroxyl groups is 1. The van der Waals surface area contributed by atoms with Crippen molar-refractivity contribution in [2.24, 2.45) is 11.8 Å². The molecule has 5 atom stereocenters. The Kier molecular flexibility index (Phi) is 10.6. The normalized spacial score (nSPS) is 18.1. The molecule has 0 heterocycles. The minimum absolute atomic E-state index is 0.0747. The number of benzene rings is 3. The number of rotatable bonds is 11. The lowest BCUT2D eigenvalue weighted by molar-refractivity contribution is -0.146. The van der Waals surface area contributed by atoms with Crippen LogP contribution >= 0.6 is 0 Å². The summed E-state index contributed by atoms with van der Waals surface area (Å²) in [5, 5.41) is 17.6. The average molecular weight is 587 g/mol. The number of nitrogens with one attached hydrogen (secondary N) is 2. The fourth-order valence-electron chi connectivity index (χ4n) is 5.66. The maximum absolute atomic E-state index is 14.0. The van der Waals surface area contributed by atoms with Crippen molar-refractivity contribution < 1.29 is 29.0 Å². The van der Waals surface area contributed by atoms with E-state index in [1.807, 2.05) is 84.9 Å². The molecule has 8 heteroatoms. The van der Waals surface area contributed by atoms with Gasteiger partial charge in [-0.15, -0.1) is 0 Å². The largest absolute Gasteiger partial charge is 0.469 e. The second-order valence-electron chi connectivity index (χ2n) is 12.2. The number of alkyl carbamates (subject to hydrolysis) is 1. The molecule has 0 saturated carbocycles. The molecule has 8 nitrogen and oxygen atoms in total. The van der Waals surface area contributed by atoms with E-state index in [0.717, 1.165) is 22.3 Å². The third-order valence-corrected chi connectivity index (χ3v) is 7.72. The van der Waals surface area contributed by atoms with Gasteiger partial charge >= 0.3 is 12.1 Å². The van der Waals surface area contributed by atoms with Crippen LogP contribution in [-0.4, -0.2) is 47.9 Å². The molecule has 3 N–H and O–H groups in total. The Morgan fingerprint density at radius 2 is 1.47 bits per heavy atom. The van der Waals surface area contributed by atoms with Gasteiger partial charge in [0.1, 0.15) is 5.60 Å². The molecule has 43 heavy (non-hydrogen) atoms. The monoisotopic (exact) mass is 586 g/mol. The summed E-state index contributed by atoms with van der Waals surface area (Å²) in [6.07, 6.45) is -0.448. The number of amides is 2. The number of aliphatic hydroxyl groups excluding tert-OH is 1. The summed E-state index contributed by atoms with van der Waals surface area (Å²) in [5.41, 5.74) is 3.03. The minimum Gasteiger partial charge on any atom is -0.469 e. The molecule has 0 aromatic heterocycles. The Hall–Kier alpha value is -4.17. The Morgan fingerprint density at radius 3 is 2.07 bits per heavy atom. The number of carbonyl (C=O) groups excluding carboxylic acids is 3. The number of fused-ring (bicyclic) bond motifs is 1. The van der Waals surface area contributed by atoms with Crippen molar-refractivity contribution in [1.82, 2.24) is 10.6 Å². The molecule has 0 unspecified atom stereocenters. The first kappa shape index (κ1) is 31.8. The van der Waals surface area contributed by atoms with Crippen LogP contribution in [0.3, 0.4) is 0 Å². The Morgan fingerprint density at radius 1 is 0.884 bits per heavy atom. The Labute approximate surface area is 253 Å². The third kappa shape index (κ3) is 8.91. The van der Waals surface area contributed by atoms with Crippen LogP contribution < -0.4 is 10.6 Å². The zero-order valence-electron chi connectivity index (χ0n) is 25.3. The number of ether oxygens (including phenoxy) is 2. The summed E-state index contributed by atoms with van der Waals surface area (Å²) in [5.74, 6) is -1.87.